The smallest absolute Gasteiger partial charge is 0.321 e. The Balaban J connectivity index is 1.83. The second kappa shape index (κ2) is 7.14. The number of methoxy groups -OCH3 is 1. The second-order valence-electron chi connectivity index (χ2n) is 5.19. The van der Waals surface area contributed by atoms with Gasteiger partial charge in [0.25, 0.3) is 0 Å². The SMILES string of the molecule is COc1ccc(NC(=O)N(C)CC2CCCCN2)cc1. The molecule has 2 N–H and O–H groups in total. The number of benzene rings is 1. The number of hydrogen-bond donors (Lipinski definition) is 2. The van der Waals surface area contributed by atoms with E-state index in [-0.39, 0.29) is 6.03 Å². The lowest BCUT2D eigenvalue weighted by molar-refractivity contribution is 0.212. The van der Waals surface area contributed by atoms with E-state index in [1.54, 1.807) is 12.0 Å². The summed E-state index contributed by atoms with van der Waals surface area (Å²) in [5.74, 6) is 0.780. The van der Waals surface area contributed by atoms with Crippen LogP contribution in [0.3, 0.4) is 0 Å². The molecule has 2 amide bonds. The highest BCUT2D eigenvalue weighted by Crippen LogP contribution is 2.15. The van der Waals surface area contributed by atoms with Crippen molar-refractivity contribution in [1.82, 2.24) is 10.2 Å². The number of ether oxygens (including phenoxy) is 1. The van der Waals surface area contributed by atoms with E-state index in [0.717, 1.165) is 30.9 Å². The summed E-state index contributed by atoms with van der Waals surface area (Å²) in [6.07, 6.45) is 3.62. The quantitative estimate of drug-likeness (QED) is 0.888. The summed E-state index contributed by atoms with van der Waals surface area (Å²) >= 11 is 0. The summed E-state index contributed by atoms with van der Waals surface area (Å²) in [7, 11) is 3.45. The molecule has 1 aromatic rings. The zero-order valence-electron chi connectivity index (χ0n) is 12.2. The Morgan fingerprint density at radius 3 is 2.75 bits per heavy atom. The number of carbonyl (C=O) groups excluding carboxylic acids is 1. The molecule has 1 fully saturated rings. The van der Waals surface area contributed by atoms with Gasteiger partial charge in [-0.2, -0.15) is 0 Å². The first-order valence-electron chi connectivity index (χ1n) is 7.08. The van der Waals surface area contributed by atoms with Gasteiger partial charge in [0.05, 0.1) is 7.11 Å². The average Bonchev–Trinajstić information content (AvgIpc) is 2.49. The van der Waals surface area contributed by atoms with Crippen LogP contribution in [0.25, 0.3) is 0 Å². The number of amides is 2. The zero-order valence-corrected chi connectivity index (χ0v) is 12.2. The molecule has 5 heteroatoms. The third-order valence-corrected chi connectivity index (χ3v) is 3.59. The Morgan fingerprint density at radius 2 is 2.15 bits per heavy atom. The largest absolute Gasteiger partial charge is 0.497 e. The van der Waals surface area contributed by atoms with Crippen molar-refractivity contribution in [1.29, 1.82) is 0 Å². The Hall–Kier alpha value is -1.75. The summed E-state index contributed by atoms with van der Waals surface area (Å²) in [4.78, 5) is 13.8. The normalized spacial score (nSPS) is 18.4. The van der Waals surface area contributed by atoms with Crippen molar-refractivity contribution in [3.63, 3.8) is 0 Å². The molecular formula is C15H23N3O2. The van der Waals surface area contributed by atoms with Gasteiger partial charge in [-0.3, -0.25) is 0 Å². The number of nitrogens with zero attached hydrogens (tertiary/aromatic N) is 1. The first-order chi connectivity index (χ1) is 9.69. The molecule has 0 aliphatic carbocycles. The van der Waals surface area contributed by atoms with Crippen LogP contribution in [0.15, 0.2) is 24.3 Å². The molecule has 2 rings (SSSR count). The number of carbonyl (C=O) groups is 1. The molecule has 0 saturated carbocycles. The van der Waals surface area contributed by atoms with Crippen LogP contribution in [0.5, 0.6) is 5.75 Å². The van der Waals surface area contributed by atoms with Crippen molar-refractivity contribution in [3.8, 4) is 5.75 Å². The number of hydrogen-bond acceptors (Lipinski definition) is 3. The first kappa shape index (κ1) is 14.7. The van der Waals surface area contributed by atoms with Crippen LogP contribution in [-0.4, -0.2) is 44.2 Å². The number of piperidine rings is 1. The van der Waals surface area contributed by atoms with Crippen LogP contribution in [0.1, 0.15) is 19.3 Å². The van der Waals surface area contributed by atoms with E-state index >= 15 is 0 Å². The maximum atomic E-state index is 12.1. The molecule has 0 radical (unpaired) electrons. The van der Waals surface area contributed by atoms with Gasteiger partial charge in [-0.05, 0) is 43.7 Å². The van der Waals surface area contributed by atoms with Gasteiger partial charge >= 0.3 is 6.03 Å². The monoisotopic (exact) mass is 277 g/mol. The van der Waals surface area contributed by atoms with Gasteiger partial charge < -0.3 is 20.3 Å². The van der Waals surface area contributed by atoms with Gasteiger partial charge in [0, 0.05) is 25.3 Å². The second-order valence-corrected chi connectivity index (χ2v) is 5.19. The fraction of sp³-hybridized carbons (Fsp3) is 0.533. The number of rotatable bonds is 4. The molecule has 5 nitrogen and oxygen atoms in total. The van der Waals surface area contributed by atoms with Crippen molar-refractivity contribution < 1.29 is 9.53 Å². The minimum Gasteiger partial charge on any atom is -0.497 e. The van der Waals surface area contributed by atoms with Crippen molar-refractivity contribution >= 4 is 11.7 Å². The highest BCUT2D eigenvalue weighted by Gasteiger charge is 2.17. The van der Waals surface area contributed by atoms with Crippen LogP contribution in [0, 0.1) is 0 Å². The Labute approximate surface area is 120 Å². The summed E-state index contributed by atoms with van der Waals surface area (Å²) in [5.41, 5.74) is 0.777. The summed E-state index contributed by atoms with van der Waals surface area (Å²) in [6, 6.07) is 7.67. The van der Waals surface area contributed by atoms with Crippen LogP contribution >= 0.6 is 0 Å². The Bertz CT molecular complexity index is 427. The maximum absolute atomic E-state index is 12.1. The molecule has 1 atom stereocenters. The molecule has 1 aliphatic rings. The number of likely N-dealkylation sites (N-methyl/N-ethyl adjacent to an activating group) is 1. The minimum atomic E-state index is -0.0810. The molecule has 1 unspecified atom stereocenters. The molecular weight excluding hydrogens is 254 g/mol. The number of anilines is 1. The molecule has 0 bridgehead atoms. The van der Waals surface area contributed by atoms with Crippen LogP contribution in [-0.2, 0) is 0 Å². The third-order valence-electron chi connectivity index (χ3n) is 3.59. The van der Waals surface area contributed by atoms with E-state index in [1.807, 2.05) is 31.3 Å². The molecule has 20 heavy (non-hydrogen) atoms. The lowest BCUT2D eigenvalue weighted by Crippen LogP contribution is -2.45. The molecule has 1 heterocycles. The van der Waals surface area contributed by atoms with Crippen LogP contribution in [0.4, 0.5) is 10.5 Å². The predicted molar refractivity (Wildman–Crippen MR) is 80.3 cm³/mol. The minimum absolute atomic E-state index is 0.0810. The molecule has 0 aromatic heterocycles. The van der Waals surface area contributed by atoms with Gasteiger partial charge in [-0.15, -0.1) is 0 Å². The topological polar surface area (TPSA) is 53.6 Å². The Morgan fingerprint density at radius 1 is 1.40 bits per heavy atom. The predicted octanol–water partition coefficient (Wildman–Crippen LogP) is 2.30. The average molecular weight is 277 g/mol. The standard InChI is InChI=1S/C15H23N3O2/c1-18(11-13-5-3-4-10-16-13)15(19)17-12-6-8-14(20-2)9-7-12/h6-9,13,16H,3-5,10-11H2,1-2H3,(H,17,19). The van der Waals surface area contributed by atoms with Crippen LogP contribution < -0.4 is 15.4 Å². The van der Waals surface area contributed by atoms with Crippen molar-refractivity contribution in [2.24, 2.45) is 0 Å². The summed E-state index contributed by atoms with van der Waals surface area (Å²) in [6.45, 7) is 1.79. The zero-order chi connectivity index (χ0) is 14.4. The van der Waals surface area contributed by atoms with Gasteiger partial charge in [0.2, 0.25) is 0 Å². The summed E-state index contributed by atoms with van der Waals surface area (Å²) in [5, 5.41) is 6.33. The van der Waals surface area contributed by atoms with Gasteiger partial charge in [0.1, 0.15) is 5.75 Å². The van der Waals surface area contributed by atoms with Crippen molar-refractivity contribution in [2.75, 3.05) is 32.6 Å². The van der Waals surface area contributed by atoms with Crippen molar-refractivity contribution in [3.05, 3.63) is 24.3 Å². The maximum Gasteiger partial charge on any atom is 0.321 e. The molecule has 110 valence electrons. The lowest BCUT2D eigenvalue weighted by atomic mass is 10.0. The van der Waals surface area contributed by atoms with Gasteiger partial charge in [0.15, 0.2) is 0 Å². The molecule has 0 spiro atoms. The van der Waals surface area contributed by atoms with Gasteiger partial charge in [-0.1, -0.05) is 6.42 Å². The molecule has 1 aliphatic heterocycles. The number of urea groups is 1. The van der Waals surface area contributed by atoms with E-state index in [1.165, 1.54) is 12.8 Å². The highest BCUT2D eigenvalue weighted by molar-refractivity contribution is 5.89. The fourth-order valence-corrected chi connectivity index (χ4v) is 2.39. The van der Waals surface area contributed by atoms with E-state index < -0.39 is 0 Å². The van der Waals surface area contributed by atoms with Crippen LogP contribution in [0.2, 0.25) is 0 Å². The molecule has 1 aromatic carbocycles. The number of nitrogens with one attached hydrogen (secondary N) is 2. The van der Waals surface area contributed by atoms with E-state index in [2.05, 4.69) is 10.6 Å². The van der Waals surface area contributed by atoms with E-state index in [4.69, 9.17) is 4.74 Å². The molecule has 1 saturated heterocycles. The first-order valence-corrected chi connectivity index (χ1v) is 7.08. The third kappa shape index (κ3) is 4.13. The van der Waals surface area contributed by atoms with Crippen molar-refractivity contribution in [2.45, 2.75) is 25.3 Å². The Kier molecular flexibility index (Phi) is 5.24. The van der Waals surface area contributed by atoms with E-state index in [0.29, 0.717) is 6.04 Å². The fourth-order valence-electron chi connectivity index (χ4n) is 2.39. The summed E-state index contributed by atoms with van der Waals surface area (Å²) < 4.78 is 5.09. The van der Waals surface area contributed by atoms with E-state index in [9.17, 15) is 4.79 Å². The van der Waals surface area contributed by atoms with Gasteiger partial charge in [-0.25, -0.2) is 4.79 Å². The highest BCUT2D eigenvalue weighted by atomic mass is 16.5. The lowest BCUT2D eigenvalue weighted by Gasteiger charge is -2.28.